The van der Waals surface area contributed by atoms with Crippen molar-refractivity contribution in [3.8, 4) is 0 Å². The van der Waals surface area contributed by atoms with E-state index in [1.807, 2.05) is 31.7 Å². The summed E-state index contributed by atoms with van der Waals surface area (Å²) in [5, 5.41) is 3.38. The SMILES string of the molecule is CCc1cnccc1C(Cc1ccc(Br)cn1)NC. The number of halogens is 1. The Labute approximate surface area is 122 Å². The number of hydrogen-bond donors (Lipinski definition) is 1. The lowest BCUT2D eigenvalue weighted by molar-refractivity contribution is 0.578. The minimum atomic E-state index is 0.270. The van der Waals surface area contributed by atoms with E-state index in [0.717, 1.165) is 23.0 Å². The summed E-state index contributed by atoms with van der Waals surface area (Å²) in [4.78, 5) is 8.65. The molecule has 1 unspecified atom stereocenters. The summed E-state index contributed by atoms with van der Waals surface area (Å²) in [6.07, 6.45) is 7.52. The lowest BCUT2D eigenvalue weighted by Gasteiger charge is -2.19. The van der Waals surface area contributed by atoms with Crippen molar-refractivity contribution in [3.05, 3.63) is 58.1 Å². The number of pyridine rings is 2. The second-order valence-electron chi connectivity index (χ2n) is 4.44. The predicted molar refractivity (Wildman–Crippen MR) is 81.1 cm³/mol. The summed E-state index contributed by atoms with van der Waals surface area (Å²) in [7, 11) is 1.99. The molecule has 0 fully saturated rings. The van der Waals surface area contributed by atoms with Gasteiger partial charge in [-0.05, 0) is 58.7 Å². The minimum Gasteiger partial charge on any atom is -0.313 e. The fourth-order valence-corrected chi connectivity index (χ4v) is 2.41. The Hall–Kier alpha value is -1.26. The highest BCUT2D eigenvalue weighted by atomic mass is 79.9. The Bertz CT molecular complexity index is 525. The molecule has 0 amide bonds. The summed E-state index contributed by atoms with van der Waals surface area (Å²) in [6.45, 7) is 2.16. The van der Waals surface area contributed by atoms with Gasteiger partial charge in [-0.25, -0.2) is 0 Å². The van der Waals surface area contributed by atoms with E-state index < -0.39 is 0 Å². The van der Waals surface area contributed by atoms with Crippen LogP contribution in [0.3, 0.4) is 0 Å². The second-order valence-corrected chi connectivity index (χ2v) is 5.36. The zero-order valence-electron chi connectivity index (χ0n) is 11.2. The van der Waals surface area contributed by atoms with Crippen LogP contribution in [-0.2, 0) is 12.8 Å². The zero-order chi connectivity index (χ0) is 13.7. The van der Waals surface area contributed by atoms with Crippen LogP contribution in [-0.4, -0.2) is 17.0 Å². The molecular weight excluding hydrogens is 302 g/mol. The lowest BCUT2D eigenvalue weighted by atomic mass is 9.97. The van der Waals surface area contributed by atoms with E-state index >= 15 is 0 Å². The first-order valence-electron chi connectivity index (χ1n) is 6.45. The van der Waals surface area contributed by atoms with E-state index in [1.54, 1.807) is 0 Å². The molecule has 2 rings (SSSR count). The number of aryl methyl sites for hydroxylation is 1. The number of nitrogens with one attached hydrogen (secondary N) is 1. The summed E-state index contributed by atoms with van der Waals surface area (Å²) in [6, 6.07) is 6.45. The number of hydrogen-bond acceptors (Lipinski definition) is 3. The van der Waals surface area contributed by atoms with Crippen molar-refractivity contribution >= 4 is 15.9 Å². The maximum atomic E-state index is 4.44. The standard InChI is InChI=1S/C15H18BrN3/c1-3-11-9-18-7-6-14(11)15(17-2)8-13-5-4-12(16)10-19-13/h4-7,9-10,15,17H,3,8H2,1-2H3. The van der Waals surface area contributed by atoms with Gasteiger partial charge in [0.05, 0.1) is 0 Å². The van der Waals surface area contributed by atoms with Gasteiger partial charge in [-0.2, -0.15) is 0 Å². The van der Waals surface area contributed by atoms with Gasteiger partial charge in [0.25, 0.3) is 0 Å². The van der Waals surface area contributed by atoms with Gasteiger partial charge in [0.1, 0.15) is 0 Å². The molecule has 4 heteroatoms. The van der Waals surface area contributed by atoms with Gasteiger partial charge in [-0.3, -0.25) is 9.97 Å². The van der Waals surface area contributed by atoms with Crippen LogP contribution in [0.1, 0.15) is 29.8 Å². The van der Waals surface area contributed by atoms with Crippen molar-refractivity contribution < 1.29 is 0 Å². The molecule has 0 aliphatic rings. The fraction of sp³-hybridized carbons (Fsp3) is 0.333. The Kier molecular flexibility index (Phi) is 5.05. The highest BCUT2D eigenvalue weighted by Crippen LogP contribution is 2.21. The summed E-state index contributed by atoms with van der Waals surface area (Å²) < 4.78 is 1.01. The predicted octanol–water partition coefficient (Wildman–Crippen LogP) is 3.30. The Morgan fingerprint density at radius 2 is 2.11 bits per heavy atom. The van der Waals surface area contributed by atoms with Crippen LogP contribution in [0.2, 0.25) is 0 Å². The van der Waals surface area contributed by atoms with Gasteiger partial charge >= 0.3 is 0 Å². The molecular formula is C15H18BrN3. The number of rotatable bonds is 5. The van der Waals surface area contributed by atoms with E-state index in [-0.39, 0.29) is 6.04 Å². The number of likely N-dealkylation sites (N-methyl/N-ethyl adjacent to an activating group) is 1. The molecule has 0 radical (unpaired) electrons. The van der Waals surface area contributed by atoms with E-state index in [9.17, 15) is 0 Å². The van der Waals surface area contributed by atoms with E-state index in [4.69, 9.17) is 0 Å². The summed E-state index contributed by atoms with van der Waals surface area (Å²) in [5.41, 5.74) is 3.69. The van der Waals surface area contributed by atoms with Crippen LogP contribution >= 0.6 is 15.9 Å². The minimum absolute atomic E-state index is 0.270. The normalized spacial score (nSPS) is 12.4. The Balaban J connectivity index is 2.22. The van der Waals surface area contributed by atoms with Crippen molar-refractivity contribution in [2.24, 2.45) is 0 Å². The molecule has 100 valence electrons. The molecule has 0 spiro atoms. The van der Waals surface area contributed by atoms with Gasteiger partial charge < -0.3 is 5.32 Å². The molecule has 0 saturated heterocycles. The molecule has 0 bridgehead atoms. The smallest absolute Gasteiger partial charge is 0.0423 e. The maximum Gasteiger partial charge on any atom is 0.0423 e. The van der Waals surface area contributed by atoms with Crippen LogP contribution in [0.4, 0.5) is 0 Å². The maximum absolute atomic E-state index is 4.44. The first-order chi connectivity index (χ1) is 9.24. The summed E-state index contributed by atoms with van der Waals surface area (Å²) in [5.74, 6) is 0. The molecule has 3 nitrogen and oxygen atoms in total. The van der Waals surface area contributed by atoms with Gasteiger partial charge in [0.15, 0.2) is 0 Å². The van der Waals surface area contributed by atoms with Crippen LogP contribution in [0, 0.1) is 0 Å². The number of nitrogens with zero attached hydrogens (tertiary/aromatic N) is 2. The van der Waals surface area contributed by atoms with Crippen molar-refractivity contribution in [2.75, 3.05) is 7.05 Å². The average molecular weight is 320 g/mol. The van der Waals surface area contributed by atoms with Gasteiger partial charge in [-0.1, -0.05) is 6.92 Å². The molecule has 19 heavy (non-hydrogen) atoms. The average Bonchev–Trinajstić information content (AvgIpc) is 2.46. The van der Waals surface area contributed by atoms with E-state index in [0.29, 0.717) is 0 Å². The molecule has 2 aromatic rings. The third-order valence-electron chi connectivity index (χ3n) is 3.25. The van der Waals surface area contributed by atoms with Crippen LogP contribution in [0.25, 0.3) is 0 Å². The highest BCUT2D eigenvalue weighted by molar-refractivity contribution is 9.10. The molecule has 2 aromatic heterocycles. The third kappa shape index (κ3) is 3.61. The first kappa shape index (κ1) is 14.2. The largest absolute Gasteiger partial charge is 0.313 e. The Morgan fingerprint density at radius 3 is 2.74 bits per heavy atom. The topological polar surface area (TPSA) is 37.8 Å². The lowest BCUT2D eigenvalue weighted by Crippen LogP contribution is -2.20. The molecule has 0 aliphatic heterocycles. The molecule has 0 aromatic carbocycles. The van der Waals surface area contributed by atoms with Crippen molar-refractivity contribution in [3.63, 3.8) is 0 Å². The van der Waals surface area contributed by atoms with Crippen LogP contribution in [0.5, 0.6) is 0 Å². The fourth-order valence-electron chi connectivity index (χ4n) is 2.18. The molecule has 0 saturated carbocycles. The summed E-state index contributed by atoms with van der Waals surface area (Å²) >= 11 is 3.41. The van der Waals surface area contributed by atoms with E-state index in [2.05, 4.69) is 50.3 Å². The zero-order valence-corrected chi connectivity index (χ0v) is 12.8. The molecule has 1 atom stereocenters. The van der Waals surface area contributed by atoms with Crippen molar-refractivity contribution in [1.82, 2.24) is 15.3 Å². The monoisotopic (exact) mass is 319 g/mol. The van der Waals surface area contributed by atoms with Gasteiger partial charge in [0, 0.05) is 41.2 Å². The van der Waals surface area contributed by atoms with Crippen molar-refractivity contribution in [1.29, 1.82) is 0 Å². The first-order valence-corrected chi connectivity index (χ1v) is 7.24. The Morgan fingerprint density at radius 1 is 1.26 bits per heavy atom. The van der Waals surface area contributed by atoms with Gasteiger partial charge in [0.2, 0.25) is 0 Å². The van der Waals surface area contributed by atoms with E-state index in [1.165, 1.54) is 11.1 Å². The molecule has 0 aliphatic carbocycles. The molecule has 2 heterocycles. The molecule has 1 N–H and O–H groups in total. The quantitative estimate of drug-likeness (QED) is 0.918. The van der Waals surface area contributed by atoms with Gasteiger partial charge in [-0.15, -0.1) is 0 Å². The van der Waals surface area contributed by atoms with Crippen LogP contribution in [0.15, 0.2) is 41.3 Å². The van der Waals surface area contributed by atoms with Crippen LogP contribution < -0.4 is 5.32 Å². The third-order valence-corrected chi connectivity index (χ3v) is 3.72. The number of aromatic nitrogens is 2. The van der Waals surface area contributed by atoms with Crippen molar-refractivity contribution in [2.45, 2.75) is 25.8 Å². The highest BCUT2D eigenvalue weighted by Gasteiger charge is 2.14. The second kappa shape index (κ2) is 6.78.